The molecule has 1 aromatic rings. The van der Waals surface area contributed by atoms with E-state index in [0.29, 0.717) is 0 Å². The van der Waals surface area contributed by atoms with Crippen LogP contribution in [0.25, 0.3) is 0 Å². The van der Waals surface area contributed by atoms with Gasteiger partial charge in [0, 0.05) is 13.1 Å². The third kappa shape index (κ3) is 2.12. The number of hydrogen-bond donors (Lipinski definition) is 2. The molecule has 0 bridgehead atoms. The smallest absolute Gasteiger partial charge is 0.196 e. The Kier molecular flexibility index (Phi) is 2.90. The van der Waals surface area contributed by atoms with Crippen molar-refractivity contribution >= 4 is 11.6 Å². The fourth-order valence-corrected chi connectivity index (χ4v) is 1.80. The number of guanidine groups is 1. The largest absolute Gasteiger partial charge is 0.354 e. The fourth-order valence-electron chi connectivity index (χ4n) is 1.80. The number of aliphatic imine (C=N–C) groups is 1. The second kappa shape index (κ2) is 4.34. The van der Waals surface area contributed by atoms with Crippen LogP contribution in [0.1, 0.15) is 18.1 Å². The molecule has 1 saturated heterocycles. The van der Waals surface area contributed by atoms with Gasteiger partial charge in [-0.05, 0) is 30.5 Å². The van der Waals surface area contributed by atoms with Gasteiger partial charge in [0.15, 0.2) is 5.96 Å². The summed E-state index contributed by atoms with van der Waals surface area (Å²) < 4.78 is 0. The van der Waals surface area contributed by atoms with Gasteiger partial charge in [0.2, 0.25) is 0 Å². The summed E-state index contributed by atoms with van der Waals surface area (Å²) in [4.78, 5) is 4.56. The van der Waals surface area contributed by atoms with Crippen molar-refractivity contribution in [1.82, 2.24) is 10.6 Å². The SMILES string of the molecule is CCc1cccc(N=C2NCCN2)c1C. The Bertz CT molecular complexity index is 374. The molecule has 0 saturated carbocycles. The van der Waals surface area contributed by atoms with E-state index in [2.05, 4.69) is 47.7 Å². The van der Waals surface area contributed by atoms with E-state index in [0.717, 1.165) is 31.2 Å². The maximum absolute atomic E-state index is 4.56. The van der Waals surface area contributed by atoms with Crippen molar-refractivity contribution < 1.29 is 0 Å². The lowest BCUT2D eigenvalue weighted by Gasteiger charge is -2.06. The van der Waals surface area contributed by atoms with Crippen molar-refractivity contribution in [2.75, 3.05) is 13.1 Å². The summed E-state index contributed by atoms with van der Waals surface area (Å²) >= 11 is 0. The maximum atomic E-state index is 4.56. The second-order valence-electron chi connectivity index (χ2n) is 3.73. The standard InChI is InChI=1S/C12H17N3/c1-3-10-5-4-6-11(9(10)2)15-12-13-7-8-14-12/h4-6H,3,7-8H2,1-2H3,(H2,13,14,15). The lowest BCUT2D eigenvalue weighted by Crippen LogP contribution is -2.23. The summed E-state index contributed by atoms with van der Waals surface area (Å²) in [5.41, 5.74) is 3.71. The number of benzene rings is 1. The van der Waals surface area contributed by atoms with Crippen LogP contribution in [-0.2, 0) is 6.42 Å². The molecule has 3 heteroatoms. The van der Waals surface area contributed by atoms with Gasteiger partial charge in [0.25, 0.3) is 0 Å². The molecule has 0 aromatic heterocycles. The molecule has 1 aliphatic heterocycles. The fraction of sp³-hybridized carbons (Fsp3) is 0.417. The highest BCUT2D eigenvalue weighted by molar-refractivity contribution is 5.84. The predicted octanol–water partition coefficient (Wildman–Crippen LogP) is 1.74. The number of rotatable bonds is 2. The molecule has 0 spiro atoms. The van der Waals surface area contributed by atoms with E-state index < -0.39 is 0 Å². The number of hydrogen-bond acceptors (Lipinski definition) is 1. The van der Waals surface area contributed by atoms with Crippen LogP contribution in [0.2, 0.25) is 0 Å². The van der Waals surface area contributed by atoms with Gasteiger partial charge in [-0.15, -0.1) is 0 Å². The van der Waals surface area contributed by atoms with E-state index >= 15 is 0 Å². The van der Waals surface area contributed by atoms with Crippen LogP contribution in [0.15, 0.2) is 23.2 Å². The summed E-state index contributed by atoms with van der Waals surface area (Å²) in [5.74, 6) is 0.895. The van der Waals surface area contributed by atoms with E-state index in [9.17, 15) is 0 Å². The summed E-state index contributed by atoms with van der Waals surface area (Å²) in [5, 5.41) is 6.42. The molecular weight excluding hydrogens is 186 g/mol. The molecule has 0 aliphatic carbocycles. The Morgan fingerprint density at radius 2 is 2.00 bits per heavy atom. The Balaban J connectivity index is 2.31. The molecule has 1 fully saturated rings. The quantitative estimate of drug-likeness (QED) is 0.768. The van der Waals surface area contributed by atoms with Crippen molar-refractivity contribution in [2.45, 2.75) is 20.3 Å². The van der Waals surface area contributed by atoms with Gasteiger partial charge < -0.3 is 10.6 Å². The van der Waals surface area contributed by atoms with Crippen LogP contribution in [0, 0.1) is 6.92 Å². The van der Waals surface area contributed by atoms with Gasteiger partial charge in [-0.25, -0.2) is 4.99 Å². The van der Waals surface area contributed by atoms with Crippen molar-refractivity contribution in [3.63, 3.8) is 0 Å². The zero-order valence-electron chi connectivity index (χ0n) is 9.30. The number of nitrogens with one attached hydrogen (secondary N) is 2. The number of nitrogens with zero attached hydrogens (tertiary/aromatic N) is 1. The number of aryl methyl sites for hydroxylation is 1. The average molecular weight is 203 g/mol. The van der Waals surface area contributed by atoms with Gasteiger partial charge in [-0.3, -0.25) is 0 Å². The summed E-state index contributed by atoms with van der Waals surface area (Å²) in [6, 6.07) is 6.29. The van der Waals surface area contributed by atoms with Gasteiger partial charge in [0.1, 0.15) is 0 Å². The Hall–Kier alpha value is -1.51. The summed E-state index contributed by atoms with van der Waals surface area (Å²) in [6.07, 6.45) is 1.06. The van der Waals surface area contributed by atoms with Crippen molar-refractivity contribution in [3.8, 4) is 0 Å². The normalized spacial score (nSPS) is 14.7. The first-order valence-corrected chi connectivity index (χ1v) is 5.46. The Morgan fingerprint density at radius 1 is 1.27 bits per heavy atom. The first kappa shape index (κ1) is 10.0. The lowest BCUT2D eigenvalue weighted by atomic mass is 10.1. The third-order valence-electron chi connectivity index (χ3n) is 2.74. The molecule has 15 heavy (non-hydrogen) atoms. The van der Waals surface area contributed by atoms with Gasteiger partial charge in [-0.1, -0.05) is 19.1 Å². The molecule has 80 valence electrons. The van der Waals surface area contributed by atoms with Crippen molar-refractivity contribution in [1.29, 1.82) is 0 Å². The monoisotopic (exact) mass is 203 g/mol. The molecule has 2 rings (SSSR count). The minimum absolute atomic E-state index is 0.895. The zero-order valence-corrected chi connectivity index (χ0v) is 9.30. The molecule has 0 unspecified atom stereocenters. The first-order valence-electron chi connectivity index (χ1n) is 5.46. The predicted molar refractivity (Wildman–Crippen MR) is 63.7 cm³/mol. The van der Waals surface area contributed by atoms with Crippen LogP contribution in [0.5, 0.6) is 0 Å². The van der Waals surface area contributed by atoms with E-state index in [1.54, 1.807) is 0 Å². The molecule has 2 N–H and O–H groups in total. The van der Waals surface area contributed by atoms with Crippen LogP contribution >= 0.6 is 0 Å². The molecular formula is C12H17N3. The minimum Gasteiger partial charge on any atom is -0.354 e. The zero-order chi connectivity index (χ0) is 10.7. The Morgan fingerprint density at radius 3 is 2.67 bits per heavy atom. The maximum Gasteiger partial charge on any atom is 0.196 e. The molecule has 0 radical (unpaired) electrons. The lowest BCUT2D eigenvalue weighted by molar-refractivity contribution is 0.942. The molecule has 1 heterocycles. The van der Waals surface area contributed by atoms with E-state index in [4.69, 9.17) is 0 Å². The van der Waals surface area contributed by atoms with Crippen LogP contribution in [0.4, 0.5) is 5.69 Å². The topological polar surface area (TPSA) is 36.4 Å². The third-order valence-corrected chi connectivity index (χ3v) is 2.74. The van der Waals surface area contributed by atoms with Gasteiger partial charge in [-0.2, -0.15) is 0 Å². The van der Waals surface area contributed by atoms with E-state index in [-0.39, 0.29) is 0 Å². The molecule has 0 atom stereocenters. The average Bonchev–Trinajstić information content (AvgIpc) is 2.74. The summed E-state index contributed by atoms with van der Waals surface area (Å²) in [6.45, 7) is 6.23. The highest BCUT2D eigenvalue weighted by Crippen LogP contribution is 2.22. The van der Waals surface area contributed by atoms with Gasteiger partial charge in [0.05, 0.1) is 5.69 Å². The highest BCUT2D eigenvalue weighted by atomic mass is 15.2. The Labute approximate surface area is 90.6 Å². The van der Waals surface area contributed by atoms with E-state index in [1.807, 2.05) is 0 Å². The first-order chi connectivity index (χ1) is 7.31. The molecule has 3 nitrogen and oxygen atoms in total. The van der Waals surface area contributed by atoms with Crippen molar-refractivity contribution in [3.05, 3.63) is 29.3 Å². The van der Waals surface area contributed by atoms with Crippen LogP contribution in [0.3, 0.4) is 0 Å². The van der Waals surface area contributed by atoms with E-state index in [1.165, 1.54) is 11.1 Å². The second-order valence-corrected chi connectivity index (χ2v) is 3.73. The van der Waals surface area contributed by atoms with Crippen LogP contribution < -0.4 is 10.6 Å². The molecule has 1 aromatic carbocycles. The molecule has 0 amide bonds. The van der Waals surface area contributed by atoms with Gasteiger partial charge >= 0.3 is 0 Å². The van der Waals surface area contributed by atoms with Crippen molar-refractivity contribution in [2.24, 2.45) is 4.99 Å². The molecule has 1 aliphatic rings. The highest BCUT2D eigenvalue weighted by Gasteiger charge is 2.07. The summed E-state index contributed by atoms with van der Waals surface area (Å²) in [7, 11) is 0. The van der Waals surface area contributed by atoms with Crippen LogP contribution in [-0.4, -0.2) is 19.0 Å². The minimum atomic E-state index is 0.895.